The lowest BCUT2D eigenvalue weighted by Gasteiger charge is -1.87. The van der Waals surface area contributed by atoms with Crippen LogP contribution < -0.4 is 0 Å². The van der Waals surface area contributed by atoms with Crippen LogP contribution in [0.5, 0.6) is 0 Å². The maximum Gasteiger partial charge on any atom is 0.178 e. The average Bonchev–Trinajstić information content (AvgIpc) is 2.69. The number of halogens is 1. The quantitative estimate of drug-likeness (QED) is 0.621. The molecule has 0 radical (unpaired) electrons. The van der Waals surface area contributed by atoms with Gasteiger partial charge < -0.3 is 9.52 Å². The Morgan fingerprint density at radius 1 is 1.38 bits per heavy atom. The van der Waals surface area contributed by atoms with Crippen LogP contribution in [0, 0.1) is 17.7 Å². The van der Waals surface area contributed by atoms with Gasteiger partial charge in [0.2, 0.25) is 0 Å². The van der Waals surface area contributed by atoms with Crippen LogP contribution in [0.25, 0.3) is 11.0 Å². The minimum Gasteiger partial charge on any atom is -0.445 e. The van der Waals surface area contributed by atoms with Crippen molar-refractivity contribution in [1.29, 1.82) is 0 Å². The van der Waals surface area contributed by atoms with Gasteiger partial charge in [0.15, 0.2) is 17.2 Å². The van der Waals surface area contributed by atoms with Crippen molar-refractivity contribution in [2.24, 2.45) is 0 Å². The van der Waals surface area contributed by atoms with E-state index in [0.29, 0.717) is 24.0 Å². The number of benzene rings is 1. The molecular weight excluding hydrogens is 207 g/mol. The fourth-order valence-electron chi connectivity index (χ4n) is 1.41. The Labute approximate surface area is 92.7 Å². The summed E-state index contributed by atoms with van der Waals surface area (Å²) in [5.74, 6) is 5.74. The summed E-state index contributed by atoms with van der Waals surface area (Å²) in [4.78, 5) is 0. The summed E-state index contributed by atoms with van der Waals surface area (Å²) in [5.41, 5.74) is 0.244. The van der Waals surface area contributed by atoms with Crippen LogP contribution in [0.4, 0.5) is 4.39 Å². The van der Waals surface area contributed by atoms with E-state index in [0.717, 1.165) is 0 Å². The van der Waals surface area contributed by atoms with Gasteiger partial charge in [-0.15, -0.1) is 0 Å². The summed E-state index contributed by atoms with van der Waals surface area (Å²) < 4.78 is 18.5. The number of aliphatic hydroxyl groups is 1. The molecule has 1 N–H and O–H groups in total. The first-order valence-electron chi connectivity index (χ1n) is 5.09. The third-order valence-electron chi connectivity index (χ3n) is 2.17. The van der Waals surface area contributed by atoms with E-state index in [9.17, 15) is 4.39 Å². The van der Waals surface area contributed by atoms with Gasteiger partial charge in [0.1, 0.15) is 0 Å². The van der Waals surface area contributed by atoms with E-state index in [2.05, 4.69) is 11.8 Å². The number of unbranched alkanes of at least 4 members (excludes halogenated alkanes) is 1. The van der Waals surface area contributed by atoms with E-state index in [4.69, 9.17) is 9.52 Å². The molecule has 3 heteroatoms. The number of furan rings is 1. The van der Waals surface area contributed by atoms with Crippen molar-refractivity contribution in [3.63, 3.8) is 0 Å². The Morgan fingerprint density at radius 2 is 2.25 bits per heavy atom. The smallest absolute Gasteiger partial charge is 0.178 e. The first-order chi connectivity index (χ1) is 7.81. The van der Waals surface area contributed by atoms with Crippen molar-refractivity contribution < 1.29 is 13.9 Å². The Hall–Kier alpha value is -1.79. The molecule has 2 nitrogen and oxygen atoms in total. The van der Waals surface area contributed by atoms with Crippen molar-refractivity contribution in [2.75, 3.05) is 6.61 Å². The van der Waals surface area contributed by atoms with Gasteiger partial charge in [-0.2, -0.15) is 0 Å². The fraction of sp³-hybridized carbons (Fsp3) is 0.231. The number of rotatable bonds is 2. The van der Waals surface area contributed by atoms with Gasteiger partial charge in [0.05, 0.1) is 0 Å². The molecule has 1 aromatic heterocycles. The Bertz CT molecular complexity index is 546. The van der Waals surface area contributed by atoms with Gasteiger partial charge in [0.25, 0.3) is 0 Å². The zero-order chi connectivity index (χ0) is 11.4. The highest BCUT2D eigenvalue weighted by Gasteiger charge is 2.05. The van der Waals surface area contributed by atoms with Gasteiger partial charge in [0, 0.05) is 24.5 Å². The minimum absolute atomic E-state index is 0.128. The second-order valence-electron chi connectivity index (χ2n) is 3.40. The number of hydrogen-bond acceptors (Lipinski definition) is 2. The second-order valence-corrected chi connectivity index (χ2v) is 3.40. The molecule has 0 aliphatic rings. The highest BCUT2D eigenvalue weighted by atomic mass is 19.1. The van der Waals surface area contributed by atoms with Crippen molar-refractivity contribution in [1.82, 2.24) is 0 Å². The summed E-state index contributed by atoms with van der Waals surface area (Å²) >= 11 is 0. The third kappa shape index (κ3) is 2.23. The SMILES string of the molecule is OCCCC#Cc1cc2cccc(F)c2o1. The van der Waals surface area contributed by atoms with Crippen LogP contribution in [-0.2, 0) is 0 Å². The lowest BCUT2D eigenvalue weighted by molar-refractivity contribution is 0.290. The molecule has 0 saturated heterocycles. The highest BCUT2D eigenvalue weighted by Crippen LogP contribution is 2.21. The van der Waals surface area contributed by atoms with Crippen LogP contribution in [0.3, 0.4) is 0 Å². The molecule has 1 heterocycles. The van der Waals surface area contributed by atoms with Crippen LogP contribution in [0.2, 0.25) is 0 Å². The van der Waals surface area contributed by atoms with Crippen LogP contribution in [0.1, 0.15) is 18.6 Å². The fourth-order valence-corrected chi connectivity index (χ4v) is 1.41. The minimum atomic E-state index is -0.374. The van der Waals surface area contributed by atoms with Gasteiger partial charge in [-0.3, -0.25) is 0 Å². The molecule has 0 bridgehead atoms. The van der Waals surface area contributed by atoms with Crippen molar-refractivity contribution in [2.45, 2.75) is 12.8 Å². The molecule has 0 aliphatic heterocycles. The van der Waals surface area contributed by atoms with E-state index >= 15 is 0 Å². The Balaban J connectivity index is 2.25. The maximum atomic E-state index is 13.3. The maximum absolute atomic E-state index is 13.3. The van der Waals surface area contributed by atoms with Crippen molar-refractivity contribution in [3.05, 3.63) is 35.8 Å². The standard InChI is InChI=1S/C13H11FO2/c14-12-7-4-5-10-9-11(16-13(10)12)6-2-1-3-8-15/h4-5,7,9,15H,1,3,8H2. The first kappa shape index (κ1) is 10.7. The number of fused-ring (bicyclic) bond motifs is 1. The number of aliphatic hydroxyl groups excluding tert-OH is 1. The molecule has 0 unspecified atom stereocenters. The predicted octanol–water partition coefficient (Wildman–Crippen LogP) is 2.70. The van der Waals surface area contributed by atoms with E-state index in [1.165, 1.54) is 6.07 Å². The molecule has 0 aliphatic carbocycles. The molecule has 2 aromatic rings. The Morgan fingerprint density at radius 3 is 3.00 bits per heavy atom. The summed E-state index contributed by atoms with van der Waals surface area (Å²) in [6.07, 6.45) is 1.25. The van der Waals surface area contributed by atoms with Gasteiger partial charge in [-0.05, 0) is 18.4 Å². The molecular formula is C13H11FO2. The summed E-state index contributed by atoms with van der Waals surface area (Å²) in [6, 6.07) is 6.48. The average molecular weight is 218 g/mol. The molecule has 0 fully saturated rings. The molecule has 16 heavy (non-hydrogen) atoms. The molecule has 0 amide bonds. The normalized spacial score (nSPS) is 10.1. The molecule has 0 saturated carbocycles. The topological polar surface area (TPSA) is 33.4 Å². The molecule has 82 valence electrons. The van der Waals surface area contributed by atoms with E-state index in [1.807, 2.05) is 0 Å². The molecule has 0 atom stereocenters. The first-order valence-corrected chi connectivity index (χ1v) is 5.09. The molecule has 0 spiro atoms. The second kappa shape index (κ2) is 4.82. The lowest BCUT2D eigenvalue weighted by atomic mass is 10.2. The van der Waals surface area contributed by atoms with Crippen LogP contribution >= 0.6 is 0 Å². The van der Waals surface area contributed by atoms with Gasteiger partial charge >= 0.3 is 0 Å². The number of para-hydroxylation sites is 1. The van der Waals surface area contributed by atoms with Crippen LogP contribution in [-0.4, -0.2) is 11.7 Å². The van der Waals surface area contributed by atoms with Crippen molar-refractivity contribution >= 4 is 11.0 Å². The largest absolute Gasteiger partial charge is 0.445 e. The third-order valence-corrected chi connectivity index (χ3v) is 2.17. The summed E-state index contributed by atoms with van der Waals surface area (Å²) in [6.45, 7) is 0.128. The zero-order valence-corrected chi connectivity index (χ0v) is 8.66. The van der Waals surface area contributed by atoms with Gasteiger partial charge in [-0.25, -0.2) is 4.39 Å². The monoisotopic (exact) mass is 218 g/mol. The zero-order valence-electron chi connectivity index (χ0n) is 8.66. The Kier molecular flexibility index (Phi) is 3.23. The predicted molar refractivity (Wildman–Crippen MR) is 59.4 cm³/mol. The van der Waals surface area contributed by atoms with E-state index in [1.54, 1.807) is 18.2 Å². The van der Waals surface area contributed by atoms with Crippen LogP contribution in [0.15, 0.2) is 28.7 Å². The molecule has 2 rings (SSSR count). The lowest BCUT2D eigenvalue weighted by Crippen LogP contribution is -1.78. The summed E-state index contributed by atoms with van der Waals surface area (Å²) in [7, 11) is 0. The summed E-state index contributed by atoms with van der Waals surface area (Å²) in [5, 5.41) is 9.29. The number of hydrogen-bond donors (Lipinski definition) is 1. The highest BCUT2D eigenvalue weighted by molar-refractivity contribution is 5.79. The van der Waals surface area contributed by atoms with Gasteiger partial charge in [-0.1, -0.05) is 18.1 Å². The molecule has 1 aromatic carbocycles. The van der Waals surface area contributed by atoms with E-state index in [-0.39, 0.29) is 18.0 Å². The van der Waals surface area contributed by atoms with Crippen molar-refractivity contribution in [3.8, 4) is 11.8 Å². The van der Waals surface area contributed by atoms with E-state index < -0.39 is 0 Å².